The summed E-state index contributed by atoms with van der Waals surface area (Å²) in [7, 11) is 0. The molecular weight excluding hydrogens is 501 g/mol. The minimum absolute atomic E-state index is 0.0256. The van der Waals surface area contributed by atoms with Crippen LogP contribution >= 0.6 is 23.2 Å². The van der Waals surface area contributed by atoms with Crippen molar-refractivity contribution in [1.82, 2.24) is 10.2 Å². The Balaban J connectivity index is 1.77. The molecule has 0 bridgehead atoms. The van der Waals surface area contributed by atoms with Crippen molar-refractivity contribution in [3.8, 4) is 0 Å². The van der Waals surface area contributed by atoms with Crippen molar-refractivity contribution in [1.29, 1.82) is 0 Å². The molecule has 3 rings (SSSR count). The summed E-state index contributed by atoms with van der Waals surface area (Å²) < 4.78 is 0. The molecular formula is C26H33Cl2N5O3. The quantitative estimate of drug-likeness (QED) is 0.234. The van der Waals surface area contributed by atoms with Crippen LogP contribution in [0.5, 0.6) is 0 Å². The Hall–Kier alpha value is -2.81. The van der Waals surface area contributed by atoms with Gasteiger partial charge in [-0.15, -0.1) is 0 Å². The molecule has 0 unspecified atom stereocenters. The van der Waals surface area contributed by atoms with E-state index in [1.165, 1.54) is 0 Å². The largest absolute Gasteiger partial charge is 0.384 e. The average molecular weight is 534 g/mol. The summed E-state index contributed by atoms with van der Waals surface area (Å²) in [6, 6.07) is 12.8. The lowest BCUT2D eigenvalue weighted by Crippen LogP contribution is -2.59. The van der Waals surface area contributed by atoms with E-state index in [1.807, 2.05) is 26.0 Å². The molecule has 2 amide bonds. The van der Waals surface area contributed by atoms with Crippen LogP contribution in [0, 0.1) is 5.41 Å². The molecule has 0 radical (unpaired) electrons. The monoisotopic (exact) mass is 533 g/mol. The third-order valence-electron chi connectivity index (χ3n) is 6.74. The average Bonchev–Trinajstić information content (AvgIpc) is 2.82. The molecule has 0 aliphatic carbocycles. The van der Waals surface area contributed by atoms with E-state index in [0.717, 1.165) is 5.56 Å². The molecule has 0 saturated carbocycles. The van der Waals surface area contributed by atoms with Crippen LogP contribution in [0.3, 0.4) is 0 Å². The summed E-state index contributed by atoms with van der Waals surface area (Å²) in [5.74, 6) is -0.614. The van der Waals surface area contributed by atoms with Crippen LogP contribution in [0.25, 0.3) is 0 Å². The number of nitrogens with one attached hydrogen (secondary N) is 1. The minimum atomic E-state index is -1.14. The summed E-state index contributed by atoms with van der Waals surface area (Å²) >= 11 is 12.0. The molecule has 36 heavy (non-hydrogen) atoms. The van der Waals surface area contributed by atoms with Gasteiger partial charge in [0.1, 0.15) is 6.04 Å². The van der Waals surface area contributed by atoms with Gasteiger partial charge < -0.3 is 26.8 Å². The number of aliphatic hydroxyl groups is 1. The fraction of sp³-hybridized carbons (Fsp3) is 0.423. The van der Waals surface area contributed by atoms with Crippen molar-refractivity contribution in [2.45, 2.75) is 44.8 Å². The van der Waals surface area contributed by atoms with Gasteiger partial charge in [-0.3, -0.25) is 14.6 Å². The van der Waals surface area contributed by atoms with Gasteiger partial charge in [-0.1, -0.05) is 49.2 Å². The van der Waals surface area contributed by atoms with Gasteiger partial charge in [-0.25, -0.2) is 0 Å². The number of hydrogen-bond acceptors (Lipinski definition) is 4. The molecule has 0 aromatic heterocycles. The first-order valence-electron chi connectivity index (χ1n) is 11.8. The standard InChI is InChI=1S/C26H33Cl2N5O3/c1-25(2)16-33(15-13-26(25,36)18-7-11-20(28)12-8-18)23(35)21(4-3-14-31-24(29)30)32-22(34)17-5-9-19(27)10-6-17/h5-12,21,36H,3-4,13-16H2,1-2H3,(H,32,34)(H4,29,30,31)/t21-,26+/m1/s1. The van der Waals surface area contributed by atoms with Gasteiger partial charge in [0.15, 0.2) is 5.96 Å². The lowest BCUT2D eigenvalue weighted by atomic mass is 9.66. The topological polar surface area (TPSA) is 134 Å². The maximum atomic E-state index is 13.6. The number of carbonyl (C=O) groups is 2. The van der Waals surface area contributed by atoms with E-state index in [4.69, 9.17) is 34.7 Å². The predicted molar refractivity (Wildman–Crippen MR) is 143 cm³/mol. The molecule has 6 N–H and O–H groups in total. The van der Waals surface area contributed by atoms with Crippen molar-refractivity contribution >= 4 is 41.0 Å². The minimum Gasteiger partial charge on any atom is -0.384 e. The maximum absolute atomic E-state index is 13.6. The summed E-state index contributed by atoms with van der Waals surface area (Å²) in [4.78, 5) is 32.2. The fourth-order valence-corrected chi connectivity index (χ4v) is 4.85. The number of hydrogen-bond donors (Lipinski definition) is 4. The number of benzene rings is 2. The molecule has 1 aliphatic rings. The Morgan fingerprint density at radius 1 is 1.08 bits per heavy atom. The number of aliphatic imine (C=N–C) groups is 1. The Morgan fingerprint density at radius 2 is 1.67 bits per heavy atom. The van der Waals surface area contributed by atoms with Crippen molar-refractivity contribution in [3.05, 3.63) is 69.7 Å². The zero-order chi connectivity index (χ0) is 26.5. The number of amides is 2. The third-order valence-corrected chi connectivity index (χ3v) is 7.24. The van der Waals surface area contributed by atoms with E-state index in [9.17, 15) is 14.7 Å². The second kappa shape index (κ2) is 11.5. The summed E-state index contributed by atoms with van der Waals surface area (Å²) in [6.45, 7) is 4.85. The Kier molecular flexibility index (Phi) is 8.87. The normalized spacial score (nSPS) is 19.9. The van der Waals surface area contributed by atoms with Gasteiger partial charge in [-0.2, -0.15) is 0 Å². The zero-order valence-corrected chi connectivity index (χ0v) is 22.0. The highest BCUT2D eigenvalue weighted by atomic mass is 35.5. The van der Waals surface area contributed by atoms with Crippen LogP contribution in [0.15, 0.2) is 53.5 Å². The maximum Gasteiger partial charge on any atom is 0.251 e. The molecule has 8 nitrogen and oxygen atoms in total. The molecule has 1 saturated heterocycles. The highest BCUT2D eigenvalue weighted by Crippen LogP contribution is 2.46. The van der Waals surface area contributed by atoms with E-state index in [0.29, 0.717) is 54.5 Å². The summed E-state index contributed by atoms with van der Waals surface area (Å²) in [5, 5.41) is 15.6. The third kappa shape index (κ3) is 6.49. The molecule has 0 spiro atoms. The first-order chi connectivity index (χ1) is 16.9. The van der Waals surface area contributed by atoms with Crippen LogP contribution in [-0.2, 0) is 10.4 Å². The molecule has 1 heterocycles. The van der Waals surface area contributed by atoms with E-state index in [-0.39, 0.29) is 17.8 Å². The van der Waals surface area contributed by atoms with Gasteiger partial charge in [0.2, 0.25) is 5.91 Å². The smallest absolute Gasteiger partial charge is 0.251 e. The van der Waals surface area contributed by atoms with E-state index >= 15 is 0 Å². The fourth-order valence-electron chi connectivity index (χ4n) is 4.60. The number of halogens is 2. The summed E-state index contributed by atoms with van der Waals surface area (Å²) in [6.07, 6.45) is 1.20. The number of rotatable bonds is 8. The molecule has 2 aromatic rings. The van der Waals surface area contributed by atoms with Gasteiger partial charge in [-0.05, 0) is 61.2 Å². The van der Waals surface area contributed by atoms with Crippen LogP contribution < -0.4 is 16.8 Å². The number of nitrogens with zero attached hydrogens (tertiary/aromatic N) is 2. The lowest BCUT2D eigenvalue weighted by molar-refractivity contribution is -0.154. The first kappa shape index (κ1) is 27.8. The molecule has 194 valence electrons. The number of nitrogens with two attached hydrogens (primary N) is 2. The van der Waals surface area contributed by atoms with Crippen molar-refractivity contribution in [3.63, 3.8) is 0 Å². The van der Waals surface area contributed by atoms with Gasteiger partial charge in [0, 0.05) is 40.7 Å². The van der Waals surface area contributed by atoms with E-state index < -0.39 is 17.1 Å². The van der Waals surface area contributed by atoms with Crippen molar-refractivity contribution in [2.75, 3.05) is 19.6 Å². The van der Waals surface area contributed by atoms with Crippen LogP contribution in [0.1, 0.15) is 49.0 Å². The van der Waals surface area contributed by atoms with E-state index in [2.05, 4.69) is 10.3 Å². The first-order valence-corrected chi connectivity index (χ1v) is 12.6. The SMILES string of the molecule is CC1(C)CN(C(=O)[C@@H](CCCN=C(N)N)NC(=O)c2ccc(Cl)cc2)CC[C@]1(O)c1ccc(Cl)cc1. The highest BCUT2D eigenvalue weighted by molar-refractivity contribution is 6.30. The van der Waals surface area contributed by atoms with Gasteiger partial charge >= 0.3 is 0 Å². The Morgan fingerprint density at radius 3 is 2.22 bits per heavy atom. The summed E-state index contributed by atoms with van der Waals surface area (Å²) in [5.41, 5.74) is 10.2. The molecule has 1 aliphatic heterocycles. The molecule has 2 atom stereocenters. The number of guanidine groups is 1. The highest BCUT2D eigenvalue weighted by Gasteiger charge is 2.50. The van der Waals surface area contributed by atoms with Crippen LogP contribution in [-0.4, -0.2) is 53.5 Å². The Labute approximate surface area is 221 Å². The lowest BCUT2D eigenvalue weighted by Gasteiger charge is -2.51. The molecule has 2 aromatic carbocycles. The van der Waals surface area contributed by atoms with Crippen LogP contribution in [0.2, 0.25) is 10.0 Å². The van der Waals surface area contributed by atoms with Crippen LogP contribution in [0.4, 0.5) is 0 Å². The van der Waals surface area contributed by atoms with Gasteiger partial charge in [0.05, 0.1) is 5.60 Å². The number of piperidine rings is 1. The Bertz CT molecular complexity index is 1100. The number of carbonyl (C=O) groups excluding carboxylic acids is 2. The van der Waals surface area contributed by atoms with Crippen molar-refractivity contribution < 1.29 is 14.7 Å². The number of likely N-dealkylation sites (tertiary alicyclic amines) is 1. The van der Waals surface area contributed by atoms with E-state index in [1.54, 1.807) is 41.3 Å². The molecule has 10 heteroatoms. The second-order valence-corrected chi connectivity index (χ2v) is 10.6. The second-order valence-electron chi connectivity index (χ2n) is 9.74. The predicted octanol–water partition coefficient (Wildman–Crippen LogP) is 3.29. The van der Waals surface area contributed by atoms with Gasteiger partial charge in [0.25, 0.3) is 5.91 Å². The van der Waals surface area contributed by atoms with Crippen molar-refractivity contribution in [2.24, 2.45) is 21.9 Å². The zero-order valence-electron chi connectivity index (χ0n) is 20.5. The molecule has 1 fully saturated rings.